The number of nitrogens with one attached hydrogen (secondary N) is 1. The van der Waals surface area contributed by atoms with Crippen LogP contribution in [0.1, 0.15) is 212 Å². The third-order valence-electron chi connectivity index (χ3n) is 8.41. The highest BCUT2D eigenvalue weighted by molar-refractivity contribution is 5.75. The zero-order valence-electron chi connectivity index (χ0n) is 26.9. The zero-order chi connectivity index (χ0) is 28.3. The summed E-state index contributed by atoms with van der Waals surface area (Å²) in [4.78, 5) is 12.0. The van der Waals surface area contributed by atoms with E-state index in [4.69, 9.17) is 5.11 Å². The lowest BCUT2D eigenvalue weighted by Crippen LogP contribution is -2.23. The molecule has 0 radical (unpaired) electrons. The molecule has 39 heavy (non-hydrogen) atoms. The van der Waals surface area contributed by atoms with Crippen LogP contribution < -0.4 is 5.32 Å². The van der Waals surface area contributed by atoms with Gasteiger partial charge in [-0.3, -0.25) is 4.79 Å². The van der Waals surface area contributed by atoms with Crippen LogP contribution in [-0.4, -0.2) is 24.2 Å². The van der Waals surface area contributed by atoms with Gasteiger partial charge in [0.25, 0.3) is 0 Å². The summed E-state index contributed by atoms with van der Waals surface area (Å²) in [6.45, 7) is 3.52. The van der Waals surface area contributed by atoms with Gasteiger partial charge < -0.3 is 10.4 Å². The molecular formula is C36H73NO2. The van der Waals surface area contributed by atoms with Crippen molar-refractivity contribution in [3.8, 4) is 0 Å². The van der Waals surface area contributed by atoms with Crippen molar-refractivity contribution in [3.63, 3.8) is 0 Å². The molecule has 0 unspecified atom stereocenters. The summed E-state index contributed by atoms with van der Waals surface area (Å²) in [6, 6.07) is 0. The molecule has 234 valence electrons. The fraction of sp³-hybridized carbons (Fsp3) is 0.972. The Kier molecular flexibility index (Phi) is 34.9. The van der Waals surface area contributed by atoms with Crippen LogP contribution in [-0.2, 0) is 4.79 Å². The van der Waals surface area contributed by atoms with Crippen LogP contribution in [0.15, 0.2) is 0 Å². The maximum atomic E-state index is 12.0. The van der Waals surface area contributed by atoms with E-state index in [-0.39, 0.29) is 5.91 Å². The van der Waals surface area contributed by atoms with Crippen LogP contribution in [0, 0.1) is 0 Å². The van der Waals surface area contributed by atoms with Gasteiger partial charge in [-0.15, -0.1) is 0 Å². The minimum atomic E-state index is 0.270. The topological polar surface area (TPSA) is 49.3 Å². The molecule has 0 bridgehead atoms. The standard InChI is InChI=1S/C36H73NO2/c1-2-3-4-5-6-7-8-9-12-15-18-21-24-27-30-33-36(39)37-34-31-28-25-22-19-16-13-10-11-14-17-20-23-26-29-32-35-38/h38H,2-35H2,1H3,(H,37,39). The minimum absolute atomic E-state index is 0.270. The van der Waals surface area contributed by atoms with E-state index in [2.05, 4.69) is 12.2 Å². The van der Waals surface area contributed by atoms with Gasteiger partial charge in [-0.05, 0) is 19.3 Å². The highest BCUT2D eigenvalue weighted by Crippen LogP contribution is 2.15. The van der Waals surface area contributed by atoms with Crippen molar-refractivity contribution in [1.29, 1.82) is 0 Å². The first-order valence-corrected chi connectivity index (χ1v) is 18.2. The Balaban J connectivity index is 3.14. The average Bonchev–Trinajstić information content (AvgIpc) is 2.94. The van der Waals surface area contributed by atoms with E-state index in [0.717, 1.165) is 32.2 Å². The molecule has 0 aromatic carbocycles. The van der Waals surface area contributed by atoms with E-state index in [1.807, 2.05) is 0 Å². The molecule has 0 fully saturated rings. The molecule has 3 nitrogen and oxygen atoms in total. The number of hydrogen-bond acceptors (Lipinski definition) is 2. The second-order valence-electron chi connectivity index (χ2n) is 12.4. The van der Waals surface area contributed by atoms with Gasteiger partial charge in [-0.1, -0.05) is 187 Å². The number of aliphatic hydroxyl groups is 1. The van der Waals surface area contributed by atoms with E-state index in [1.165, 1.54) is 180 Å². The van der Waals surface area contributed by atoms with Gasteiger partial charge in [0, 0.05) is 19.6 Å². The fourth-order valence-corrected chi connectivity index (χ4v) is 5.68. The third kappa shape index (κ3) is 35.4. The highest BCUT2D eigenvalue weighted by Gasteiger charge is 2.01. The SMILES string of the molecule is CCCCCCCCCCCCCCCCCC(=O)NCCCCCCCCCCCCCCCCCCO. The lowest BCUT2D eigenvalue weighted by molar-refractivity contribution is -0.121. The Labute approximate surface area is 246 Å². The van der Waals surface area contributed by atoms with Crippen molar-refractivity contribution in [2.24, 2.45) is 0 Å². The first-order valence-electron chi connectivity index (χ1n) is 18.2. The molecule has 0 aliphatic heterocycles. The maximum absolute atomic E-state index is 12.0. The molecule has 1 amide bonds. The molecule has 3 heteroatoms. The van der Waals surface area contributed by atoms with Gasteiger partial charge in [0.15, 0.2) is 0 Å². The van der Waals surface area contributed by atoms with E-state index in [0.29, 0.717) is 6.61 Å². The van der Waals surface area contributed by atoms with E-state index >= 15 is 0 Å². The summed E-state index contributed by atoms with van der Waals surface area (Å²) in [5.41, 5.74) is 0. The Hall–Kier alpha value is -0.570. The first-order chi connectivity index (χ1) is 19.3. The molecule has 0 heterocycles. The van der Waals surface area contributed by atoms with Crippen molar-refractivity contribution < 1.29 is 9.90 Å². The van der Waals surface area contributed by atoms with Crippen LogP contribution in [0.5, 0.6) is 0 Å². The Morgan fingerprint density at radius 2 is 0.692 bits per heavy atom. The van der Waals surface area contributed by atoms with Crippen molar-refractivity contribution in [2.75, 3.05) is 13.2 Å². The smallest absolute Gasteiger partial charge is 0.219 e. The van der Waals surface area contributed by atoms with Crippen LogP contribution >= 0.6 is 0 Å². The van der Waals surface area contributed by atoms with Crippen LogP contribution in [0.3, 0.4) is 0 Å². The molecule has 0 aromatic rings. The number of carbonyl (C=O) groups is 1. The molecule has 0 aliphatic carbocycles. The van der Waals surface area contributed by atoms with Gasteiger partial charge >= 0.3 is 0 Å². The van der Waals surface area contributed by atoms with E-state index in [9.17, 15) is 4.79 Å². The minimum Gasteiger partial charge on any atom is -0.396 e. The van der Waals surface area contributed by atoms with Crippen LogP contribution in [0.25, 0.3) is 0 Å². The number of rotatable bonds is 34. The zero-order valence-corrected chi connectivity index (χ0v) is 26.9. The second-order valence-corrected chi connectivity index (χ2v) is 12.4. The summed E-state index contributed by atoms with van der Waals surface area (Å²) in [7, 11) is 0. The predicted octanol–water partition coefficient (Wildman–Crippen LogP) is 11.6. The van der Waals surface area contributed by atoms with Gasteiger partial charge in [0.2, 0.25) is 5.91 Å². The van der Waals surface area contributed by atoms with Crippen LogP contribution in [0.2, 0.25) is 0 Å². The second kappa shape index (κ2) is 35.5. The summed E-state index contributed by atoms with van der Waals surface area (Å²) >= 11 is 0. The fourth-order valence-electron chi connectivity index (χ4n) is 5.68. The Bertz CT molecular complexity index is 453. The summed E-state index contributed by atoms with van der Waals surface area (Å²) in [5, 5.41) is 11.9. The molecule has 0 atom stereocenters. The summed E-state index contributed by atoms with van der Waals surface area (Å²) in [5.74, 6) is 0.270. The first kappa shape index (κ1) is 38.4. The maximum Gasteiger partial charge on any atom is 0.219 e. The largest absolute Gasteiger partial charge is 0.396 e. The van der Waals surface area contributed by atoms with Crippen molar-refractivity contribution >= 4 is 5.91 Å². The highest BCUT2D eigenvalue weighted by atomic mass is 16.2. The normalized spacial score (nSPS) is 11.3. The van der Waals surface area contributed by atoms with Gasteiger partial charge in [0.1, 0.15) is 0 Å². The van der Waals surface area contributed by atoms with Crippen molar-refractivity contribution in [2.45, 2.75) is 212 Å². The summed E-state index contributed by atoms with van der Waals surface area (Å²) in [6.07, 6.45) is 42.4. The van der Waals surface area contributed by atoms with E-state index < -0.39 is 0 Å². The number of unbranched alkanes of at least 4 members (excludes halogenated alkanes) is 29. The number of hydrogen-bond donors (Lipinski definition) is 2. The third-order valence-corrected chi connectivity index (χ3v) is 8.41. The quantitative estimate of drug-likeness (QED) is 0.0781. The molecule has 0 aromatic heterocycles. The average molecular weight is 552 g/mol. The number of amides is 1. The van der Waals surface area contributed by atoms with E-state index in [1.54, 1.807) is 0 Å². The predicted molar refractivity (Wildman–Crippen MR) is 174 cm³/mol. The Morgan fingerprint density at radius 1 is 0.410 bits per heavy atom. The van der Waals surface area contributed by atoms with Crippen molar-refractivity contribution in [1.82, 2.24) is 5.32 Å². The summed E-state index contributed by atoms with van der Waals surface area (Å²) < 4.78 is 0. The molecule has 0 saturated carbocycles. The van der Waals surface area contributed by atoms with Crippen molar-refractivity contribution in [3.05, 3.63) is 0 Å². The number of aliphatic hydroxyl groups excluding tert-OH is 1. The molecule has 0 aliphatic rings. The molecule has 2 N–H and O–H groups in total. The molecule has 0 spiro atoms. The van der Waals surface area contributed by atoms with Gasteiger partial charge in [-0.25, -0.2) is 0 Å². The monoisotopic (exact) mass is 552 g/mol. The lowest BCUT2D eigenvalue weighted by Gasteiger charge is -2.06. The molecular weight excluding hydrogens is 478 g/mol. The number of carbonyl (C=O) groups excluding carboxylic acids is 1. The molecule has 0 saturated heterocycles. The lowest BCUT2D eigenvalue weighted by atomic mass is 10.0. The Morgan fingerprint density at radius 3 is 1.03 bits per heavy atom. The molecule has 0 rings (SSSR count). The van der Waals surface area contributed by atoms with Crippen LogP contribution in [0.4, 0.5) is 0 Å². The van der Waals surface area contributed by atoms with Gasteiger partial charge in [-0.2, -0.15) is 0 Å². The van der Waals surface area contributed by atoms with Gasteiger partial charge in [0.05, 0.1) is 0 Å².